The summed E-state index contributed by atoms with van der Waals surface area (Å²) in [5, 5.41) is 0. The molecule has 0 radical (unpaired) electrons. The molecular weight excluding hydrogens is 372 g/mol. The lowest BCUT2D eigenvalue weighted by Gasteiger charge is -2.17. The Morgan fingerprint density at radius 3 is 2.30 bits per heavy atom. The minimum absolute atomic E-state index is 0.0446. The van der Waals surface area contributed by atoms with Gasteiger partial charge in [0, 0.05) is 18.8 Å². The number of amides is 1. The largest absolute Gasteiger partial charge is 0.372 e. The normalized spacial score (nSPS) is 18.8. The SMILES string of the molecule is Cc1ccc(N2C(=O)/C(=C\c3ccc(N4CCCC4)cc3)SC2=S)cc1C. The number of thiocarbonyl (C=S) groups is 1. The van der Waals surface area contributed by atoms with Crippen LogP contribution in [0.15, 0.2) is 47.4 Å². The molecule has 0 bridgehead atoms. The average molecular weight is 395 g/mol. The van der Waals surface area contributed by atoms with E-state index in [1.165, 1.54) is 35.9 Å². The summed E-state index contributed by atoms with van der Waals surface area (Å²) < 4.78 is 0.586. The van der Waals surface area contributed by atoms with Crippen molar-refractivity contribution in [2.24, 2.45) is 0 Å². The van der Waals surface area contributed by atoms with Crippen LogP contribution in [0.3, 0.4) is 0 Å². The van der Waals surface area contributed by atoms with Crippen molar-refractivity contribution in [1.82, 2.24) is 0 Å². The fourth-order valence-corrected chi connectivity index (χ4v) is 4.76. The van der Waals surface area contributed by atoms with Crippen molar-refractivity contribution in [3.05, 3.63) is 64.1 Å². The van der Waals surface area contributed by atoms with Gasteiger partial charge in [0.05, 0.1) is 10.6 Å². The lowest BCUT2D eigenvalue weighted by Crippen LogP contribution is -2.27. The van der Waals surface area contributed by atoms with Gasteiger partial charge in [-0.1, -0.05) is 42.2 Å². The monoisotopic (exact) mass is 394 g/mol. The third kappa shape index (κ3) is 3.66. The second kappa shape index (κ2) is 7.49. The summed E-state index contributed by atoms with van der Waals surface area (Å²) in [5.74, 6) is -0.0446. The molecule has 5 heteroatoms. The van der Waals surface area contributed by atoms with Crippen LogP contribution in [0.1, 0.15) is 29.5 Å². The molecule has 0 aliphatic carbocycles. The van der Waals surface area contributed by atoms with Gasteiger partial charge in [0.1, 0.15) is 0 Å². The lowest BCUT2D eigenvalue weighted by molar-refractivity contribution is -0.113. The van der Waals surface area contributed by atoms with E-state index in [-0.39, 0.29) is 5.91 Å². The predicted octanol–water partition coefficient (Wildman–Crippen LogP) is 5.31. The zero-order chi connectivity index (χ0) is 19.0. The van der Waals surface area contributed by atoms with E-state index in [2.05, 4.69) is 36.1 Å². The van der Waals surface area contributed by atoms with Crippen LogP contribution in [0.25, 0.3) is 6.08 Å². The van der Waals surface area contributed by atoms with E-state index in [1.54, 1.807) is 4.90 Å². The summed E-state index contributed by atoms with van der Waals surface area (Å²) in [6, 6.07) is 14.5. The van der Waals surface area contributed by atoms with Crippen LogP contribution in [-0.4, -0.2) is 23.3 Å². The fourth-order valence-electron chi connectivity index (χ4n) is 3.46. The Morgan fingerprint density at radius 2 is 1.63 bits per heavy atom. The second-order valence-corrected chi connectivity index (χ2v) is 8.75. The molecule has 1 amide bonds. The minimum Gasteiger partial charge on any atom is -0.372 e. The van der Waals surface area contributed by atoms with E-state index >= 15 is 0 Å². The smallest absolute Gasteiger partial charge is 0.270 e. The molecule has 3 nitrogen and oxygen atoms in total. The number of anilines is 2. The standard InChI is InChI=1S/C22H22N2OS2/c1-15-5-8-19(13-16(15)2)24-21(25)20(27-22(24)26)14-17-6-9-18(10-7-17)23-11-3-4-12-23/h5-10,13-14H,3-4,11-12H2,1-2H3/b20-14+. The highest BCUT2D eigenvalue weighted by Gasteiger charge is 2.33. The van der Waals surface area contributed by atoms with Gasteiger partial charge in [0.2, 0.25) is 0 Å². The van der Waals surface area contributed by atoms with Crippen molar-refractivity contribution in [3.63, 3.8) is 0 Å². The maximum Gasteiger partial charge on any atom is 0.270 e. The van der Waals surface area contributed by atoms with Gasteiger partial charge in [-0.3, -0.25) is 9.69 Å². The number of carbonyl (C=O) groups excluding carboxylic acids is 1. The van der Waals surface area contributed by atoms with Crippen LogP contribution >= 0.6 is 24.0 Å². The molecule has 138 valence electrons. The number of rotatable bonds is 3. The van der Waals surface area contributed by atoms with Crippen molar-refractivity contribution >= 4 is 51.7 Å². The van der Waals surface area contributed by atoms with Crippen molar-refractivity contribution in [2.45, 2.75) is 26.7 Å². The third-order valence-corrected chi connectivity index (χ3v) is 6.51. The summed E-state index contributed by atoms with van der Waals surface area (Å²) in [5.41, 5.74) is 5.49. The summed E-state index contributed by atoms with van der Waals surface area (Å²) in [6.07, 6.45) is 4.47. The van der Waals surface area contributed by atoms with Crippen LogP contribution < -0.4 is 9.80 Å². The van der Waals surface area contributed by atoms with Gasteiger partial charge in [0.25, 0.3) is 5.91 Å². The lowest BCUT2D eigenvalue weighted by atomic mass is 10.1. The van der Waals surface area contributed by atoms with Gasteiger partial charge in [-0.25, -0.2) is 0 Å². The highest BCUT2D eigenvalue weighted by Crippen LogP contribution is 2.36. The van der Waals surface area contributed by atoms with E-state index in [0.29, 0.717) is 9.23 Å². The summed E-state index contributed by atoms with van der Waals surface area (Å²) in [7, 11) is 0. The van der Waals surface area contributed by atoms with Gasteiger partial charge < -0.3 is 4.90 Å². The molecule has 2 heterocycles. The van der Waals surface area contributed by atoms with Gasteiger partial charge in [-0.2, -0.15) is 0 Å². The van der Waals surface area contributed by atoms with E-state index in [9.17, 15) is 4.79 Å². The highest BCUT2D eigenvalue weighted by molar-refractivity contribution is 8.27. The van der Waals surface area contributed by atoms with E-state index in [1.807, 2.05) is 31.2 Å². The van der Waals surface area contributed by atoms with Gasteiger partial charge >= 0.3 is 0 Å². The van der Waals surface area contributed by atoms with Crippen LogP contribution in [-0.2, 0) is 4.79 Å². The Bertz CT molecular complexity index is 928. The highest BCUT2D eigenvalue weighted by atomic mass is 32.2. The maximum atomic E-state index is 12.9. The van der Waals surface area contributed by atoms with Crippen molar-refractivity contribution in [2.75, 3.05) is 22.9 Å². The molecule has 0 saturated carbocycles. The number of benzene rings is 2. The molecule has 0 aromatic heterocycles. The van der Waals surface area contributed by atoms with Crippen LogP contribution in [0.5, 0.6) is 0 Å². The van der Waals surface area contributed by atoms with Crippen molar-refractivity contribution in [1.29, 1.82) is 0 Å². The Morgan fingerprint density at radius 1 is 0.963 bits per heavy atom. The third-order valence-electron chi connectivity index (χ3n) is 5.20. The zero-order valence-corrected chi connectivity index (χ0v) is 17.2. The summed E-state index contributed by atoms with van der Waals surface area (Å²) in [6.45, 7) is 6.38. The average Bonchev–Trinajstić information content (AvgIpc) is 3.28. The number of hydrogen-bond donors (Lipinski definition) is 0. The van der Waals surface area contributed by atoms with Gasteiger partial charge in [-0.15, -0.1) is 0 Å². The summed E-state index contributed by atoms with van der Waals surface area (Å²) in [4.78, 5) is 17.6. The zero-order valence-electron chi connectivity index (χ0n) is 15.6. The fraction of sp³-hybridized carbons (Fsp3) is 0.273. The first-order valence-electron chi connectivity index (χ1n) is 9.23. The van der Waals surface area contributed by atoms with Gasteiger partial charge in [0.15, 0.2) is 4.32 Å². The van der Waals surface area contributed by atoms with Crippen molar-refractivity contribution < 1.29 is 4.79 Å². The number of carbonyl (C=O) groups is 1. The molecule has 2 aromatic rings. The molecule has 0 unspecified atom stereocenters. The minimum atomic E-state index is -0.0446. The number of thioether (sulfide) groups is 1. The first kappa shape index (κ1) is 18.3. The number of hydrogen-bond acceptors (Lipinski definition) is 4. The molecule has 2 aliphatic rings. The molecular formula is C22H22N2OS2. The van der Waals surface area contributed by atoms with Gasteiger partial charge in [-0.05, 0) is 73.7 Å². The molecule has 2 aliphatic heterocycles. The van der Waals surface area contributed by atoms with Crippen LogP contribution in [0, 0.1) is 13.8 Å². The molecule has 2 fully saturated rings. The Kier molecular flexibility index (Phi) is 5.06. The van der Waals surface area contributed by atoms with Crippen LogP contribution in [0.2, 0.25) is 0 Å². The Hall–Kier alpha value is -2.11. The molecule has 0 atom stereocenters. The topological polar surface area (TPSA) is 23.6 Å². The molecule has 2 aromatic carbocycles. The Labute approximate surface area is 170 Å². The van der Waals surface area contributed by atoms with E-state index in [0.717, 1.165) is 29.9 Å². The van der Waals surface area contributed by atoms with Crippen LogP contribution in [0.4, 0.5) is 11.4 Å². The number of nitrogens with zero attached hydrogens (tertiary/aromatic N) is 2. The molecule has 2 saturated heterocycles. The first-order chi connectivity index (χ1) is 13.0. The first-order valence-corrected chi connectivity index (χ1v) is 10.5. The maximum absolute atomic E-state index is 12.9. The number of aryl methyl sites for hydroxylation is 2. The quantitative estimate of drug-likeness (QED) is 0.520. The van der Waals surface area contributed by atoms with E-state index < -0.39 is 0 Å². The second-order valence-electron chi connectivity index (χ2n) is 7.07. The Balaban J connectivity index is 1.56. The van der Waals surface area contributed by atoms with Crippen molar-refractivity contribution in [3.8, 4) is 0 Å². The summed E-state index contributed by atoms with van der Waals surface area (Å²) >= 11 is 6.85. The molecule has 27 heavy (non-hydrogen) atoms. The predicted molar refractivity (Wildman–Crippen MR) is 119 cm³/mol. The molecule has 0 N–H and O–H groups in total. The van der Waals surface area contributed by atoms with E-state index in [4.69, 9.17) is 12.2 Å². The molecule has 0 spiro atoms. The molecule has 4 rings (SSSR count).